The Hall–Kier alpha value is 0.198. The van der Waals surface area contributed by atoms with Crippen molar-refractivity contribution in [3.63, 3.8) is 0 Å². The monoisotopic (exact) mass is 363 g/mol. The van der Waals surface area contributed by atoms with Crippen LogP contribution in [0.3, 0.4) is 0 Å². The molecule has 0 saturated heterocycles. The zero-order valence-electron chi connectivity index (χ0n) is 6.12. The van der Waals surface area contributed by atoms with Gasteiger partial charge in [-0.2, -0.15) is 0 Å². The van der Waals surface area contributed by atoms with Gasteiger partial charge in [0.1, 0.15) is 0 Å². The Morgan fingerprint density at radius 1 is 1.82 bits per heavy atom. The number of nitrogens with two attached hydrogens (primary N) is 2. The molecule has 0 amide bonds. The molecule has 0 unspecified atom stereocenters. The Morgan fingerprint density at radius 2 is 1.82 bits per heavy atom. The average molecular weight is 363 g/mol. The fourth-order valence-corrected chi connectivity index (χ4v) is 0. The van der Waals surface area contributed by atoms with E-state index in [1.165, 1.54) is 6.08 Å². The van der Waals surface area contributed by atoms with Crippen molar-refractivity contribution in [1.29, 1.82) is 0 Å². The number of thiol groups is 1. The Balaban J connectivity index is -0.0000000325. The first-order chi connectivity index (χ1) is 4.56. The van der Waals surface area contributed by atoms with Gasteiger partial charge in [-0.3, -0.25) is 0 Å². The van der Waals surface area contributed by atoms with Crippen LogP contribution < -0.4 is 17.2 Å². The Kier molecular flexibility index (Phi) is 65.2. The van der Waals surface area contributed by atoms with E-state index in [2.05, 4.69) is 49.4 Å². The second kappa shape index (κ2) is 31.9. The molecule has 0 aliphatic heterocycles. The van der Waals surface area contributed by atoms with E-state index < -0.39 is 0 Å². The fraction of sp³-hybridized carbons (Fsp3) is 0. The molecule has 0 radical (unpaired) electrons. The van der Waals surface area contributed by atoms with Crippen molar-refractivity contribution in [2.24, 2.45) is 11.5 Å². The van der Waals surface area contributed by atoms with Crippen molar-refractivity contribution in [2.75, 3.05) is 0 Å². The maximum absolute atomic E-state index is 4.73. The van der Waals surface area contributed by atoms with Gasteiger partial charge in [0, 0.05) is 12.2 Å². The van der Waals surface area contributed by atoms with Crippen LogP contribution in [0.1, 0.15) is 0 Å². The molecule has 0 aliphatic carbocycles. The second-order valence-corrected chi connectivity index (χ2v) is 1.67. The van der Waals surface area contributed by atoms with Crippen LogP contribution in [-0.4, -0.2) is 10.6 Å². The maximum Gasteiger partial charge on any atom is 2.00 e. The minimum Gasteiger partial charge on any atom is -0.434 e. The van der Waals surface area contributed by atoms with Crippen molar-refractivity contribution in [1.82, 2.24) is 0 Å². The van der Waals surface area contributed by atoms with Crippen LogP contribution in [-0.2, 0) is 33.3 Å². The van der Waals surface area contributed by atoms with E-state index in [0.717, 1.165) is 0 Å². The van der Waals surface area contributed by atoms with E-state index in [9.17, 15) is 0 Å². The van der Waals surface area contributed by atoms with Gasteiger partial charge in [0.15, 0.2) is 0 Å². The molecule has 11 heavy (non-hydrogen) atoms. The first-order valence-electron chi connectivity index (χ1n) is 2.18. The maximum atomic E-state index is 4.73. The van der Waals surface area contributed by atoms with Crippen LogP contribution in [0.25, 0.3) is 0 Å². The predicted octanol–water partition coefficient (Wildman–Crippen LogP) is -1.66. The molecule has 0 saturated carbocycles. The third-order valence-corrected chi connectivity index (χ3v) is 0. The molecule has 0 spiro atoms. The largest absolute Gasteiger partial charge is 2.00 e. The van der Waals surface area contributed by atoms with Gasteiger partial charge < -0.3 is 17.2 Å². The minimum absolute atomic E-state index is 0. The predicted molar refractivity (Wildman–Crippen MR) is 53.2 cm³/mol. The van der Waals surface area contributed by atoms with Crippen LogP contribution in [0.15, 0.2) is 12.7 Å². The summed E-state index contributed by atoms with van der Waals surface area (Å²) in [6.07, 6.45) is 1.50. The molecule has 0 aromatic heterocycles. The van der Waals surface area contributed by atoms with Gasteiger partial charge in [-0.05, 0) is 12.2 Å². The van der Waals surface area contributed by atoms with Gasteiger partial charge in [-0.1, -0.05) is 0 Å². The number of rotatable bonds is 0. The molecule has 0 aromatic rings. The molecule has 64 valence electrons. The summed E-state index contributed by atoms with van der Waals surface area (Å²) in [5, 5.41) is 0.250. The standard InChI is InChI=1S/C3H5.CH4N2S.CH3NS.W/c1-3-2;2-1(3)4;2-1-3;/h3H,1-2H2;(H4,2,3,4);3H,2H2;/q-1;;;+2/p+1. The number of quaternary nitrogens is 1. The topological polar surface area (TPSA) is 79.7 Å². The zero-order valence-corrected chi connectivity index (χ0v) is 10.8. The molecule has 0 heterocycles. The van der Waals surface area contributed by atoms with Gasteiger partial charge >= 0.3 is 21.1 Å². The molecule has 0 fully saturated rings. The smallest absolute Gasteiger partial charge is 0.434 e. The SMILES string of the molecule is C=C[CH2-].NC([NH3+])=S.N[C-]=[SH+].[W+2]. The summed E-state index contributed by atoms with van der Waals surface area (Å²) in [5.41, 5.74) is 14.3. The van der Waals surface area contributed by atoms with Crippen LogP contribution in [0, 0.1) is 6.92 Å². The molecule has 0 aliphatic rings. The molecule has 6 heteroatoms. The number of thiocarbonyl (C=S) groups is 1. The van der Waals surface area contributed by atoms with Gasteiger partial charge in [-0.15, -0.1) is 5.49 Å². The molecule has 3 nitrogen and oxygen atoms in total. The second-order valence-electron chi connectivity index (χ2n) is 0.884. The third-order valence-electron chi connectivity index (χ3n) is 0. The first kappa shape index (κ1) is 22.5. The van der Waals surface area contributed by atoms with Crippen LogP contribution in [0.2, 0.25) is 0 Å². The summed E-state index contributed by atoms with van der Waals surface area (Å²) < 4.78 is 0. The minimum atomic E-state index is 0. The summed E-state index contributed by atoms with van der Waals surface area (Å²) in [6.45, 7) is 6.50. The quantitative estimate of drug-likeness (QED) is 0.158. The molecular formula is C5H13N3S2W+2. The third kappa shape index (κ3) is 17400. The fourth-order valence-electron chi connectivity index (χ4n) is 0. The summed E-state index contributed by atoms with van der Waals surface area (Å²) >= 11 is 7.52. The van der Waals surface area contributed by atoms with Gasteiger partial charge in [0.05, 0.1) is 0 Å². The zero-order chi connectivity index (χ0) is 8.99. The Bertz CT molecular complexity index is 87.7. The number of hydrogen-bond donors (Lipinski definition) is 3. The van der Waals surface area contributed by atoms with E-state index in [4.69, 9.17) is 5.73 Å². The van der Waals surface area contributed by atoms with E-state index >= 15 is 0 Å². The van der Waals surface area contributed by atoms with Crippen molar-refractivity contribution in [3.05, 3.63) is 19.6 Å². The Labute approximate surface area is 92.6 Å². The Morgan fingerprint density at radius 3 is 1.82 bits per heavy atom. The molecule has 0 atom stereocenters. The van der Waals surface area contributed by atoms with Crippen LogP contribution in [0.4, 0.5) is 0 Å². The van der Waals surface area contributed by atoms with Crippen LogP contribution in [0.5, 0.6) is 0 Å². The van der Waals surface area contributed by atoms with E-state index in [1.54, 1.807) is 0 Å². The van der Waals surface area contributed by atoms with Crippen molar-refractivity contribution in [2.45, 2.75) is 0 Å². The summed E-state index contributed by atoms with van der Waals surface area (Å²) in [5.74, 6) is 0. The first-order valence-corrected chi connectivity index (χ1v) is 3.03. The van der Waals surface area contributed by atoms with Gasteiger partial charge in [0.25, 0.3) is 5.11 Å². The molecule has 0 aromatic carbocycles. The normalized spacial score (nSPS) is 4.55. The molecule has 0 rings (SSSR count). The van der Waals surface area contributed by atoms with Crippen molar-refractivity contribution < 1.29 is 26.8 Å². The molecular weight excluding hydrogens is 350 g/mol. The average Bonchev–Trinajstić information content (AvgIpc) is 1.65. The van der Waals surface area contributed by atoms with E-state index in [0.29, 0.717) is 0 Å². The van der Waals surface area contributed by atoms with Gasteiger partial charge in [-0.25, -0.2) is 19.6 Å². The summed E-state index contributed by atoms with van der Waals surface area (Å²) in [4.78, 5) is 0. The molecule has 7 N–H and O–H groups in total. The van der Waals surface area contributed by atoms with Crippen molar-refractivity contribution >= 4 is 35.0 Å². The van der Waals surface area contributed by atoms with Crippen molar-refractivity contribution in [3.8, 4) is 0 Å². The van der Waals surface area contributed by atoms with Gasteiger partial charge in [0.2, 0.25) is 0 Å². The van der Waals surface area contributed by atoms with Crippen LogP contribution >= 0.6 is 12.2 Å². The summed E-state index contributed by atoms with van der Waals surface area (Å²) in [6, 6.07) is 0. The van der Waals surface area contributed by atoms with E-state index in [-0.39, 0.29) is 26.2 Å². The van der Waals surface area contributed by atoms with E-state index in [1.807, 2.05) is 5.49 Å². The number of allylic oxidation sites excluding steroid dienone is 1. The summed E-state index contributed by atoms with van der Waals surface area (Å²) in [7, 11) is 0. The number of hydrogen-bond acceptors (Lipinski definition) is 1. The molecule has 0 bridgehead atoms.